The van der Waals surface area contributed by atoms with Crippen LogP contribution in [0.25, 0.3) is 10.6 Å². The summed E-state index contributed by atoms with van der Waals surface area (Å²) in [6, 6.07) is 12.6. The molecular weight excluding hydrogens is 447 g/mol. The first kappa shape index (κ1) is 22.7. The number of thioether (sulfide) groups is 1. The molecule has 0 bridgehead atoms. The Hall–Kier alpha value is -3.03. The summed E-state index contributed by atoms with van der Waals surface area (Å²) in [4.78, 5) is 17.5. The van der Waals surface area contributed by atoms with Gasteiger partial charge in [0.15, 0.2) is 0 Å². The van der Waals surface area contributed by atoms with Gasteiger partial charge >= 0.3 is 6.18 Å². The fourth-order valence-electron chi connectivity index (χ4n) is 2.69. The fourth-order valence-corrected chi connectivity index (χ4v) is 4.30. The number of rotatable bonds is 6. The standard InChI is InChI=1S/C21H16F3N3O2S2/c1-12(19(28)26-15-6-3-4-7-17(15)29-2)31-20-13(11-25)14(21(22,23)24)10-16(27-20)18-8-5-9-30-18/h3-10,12H,1-2H3,(H,26,28). The molecule has 3 rings (SSSR count). The first-order chi connectivity index (χ1) is 14.7. The van der Waals surface area contributed by atoms with E-state index in [4.69, 9.17) is 4.74 Å². The lowest BCUT2D eigenvalue weighted by Crippen LogP contribution is -2.23. The van der Waals surface area contributed by atoms with Crippen molar-refractivity contribution < 1.29 is 22.7 Å². The molecule has 0 saturated heterocycles. The number of halogens is 3. The maximum Gasteiger partial charge on any atom is 0.417 e. The number of carbonyl (C=O) groups is 1. The second-order valence-electron chi connectivity index (χ2n) is 6.27. The first-order valence-corrected chi connectivity index (χ1v) is 10.7. The van der Waals surface area contributed by atoms with Gasteiger partial charge in [0.1, 0.15) is 16.8 Å². The molecule has 31 heavy (non-hydrogen) atoms. The van der Waals surface area contributed by atoms with E-state index in [9.17, 15) is 23.2 Å². The predicted molar refractivity (Wildman–Crippen MR) is 114 cm³/mol. The molecule has 1 N–H and O–H groups in total. The maximum absolute atomic E-state index is 13.6. The quantitative estimate of drug-likeness (QED) is 0.466. The molecule has 1 atom stereocenters. The third-order valence-corrected chi connectivity index (χ3v) is 6.18. The van der Waals surface area contributed by atoms with Crippen molar-refractivity contribution in [2.45, 2.75) is 23.4 Å². The van der Waals surface area contributed by atoms with Gasteiger partial charge in [-0.05, 0) is 36.6 Å². The number of nitrogens with one attached hydrogen (secondary N) is 1. The van der Waals surface area contributed by atoms with Gasteiger partial charge in [-0.1, -0.05) is 30.0 Å². The molecule has 0 fully saturated rings. The number of para-hydroxylation sites is 2. The molecule has 0 aliphatic carbocycles. The number of thiophene rings is 1. The highest BCUT2D eigenvalue weighted by Gasteiger charge is 2.36. The minimum atomic E-state index is -4.74. The van der Waals surface area contributed by atoms with Crippen molar-refractivity contribution in [3.8, 4) is 22.4 Å². The zero-order valence-corrected chi connectivity index (χ0v) is 18.0. The second-order valence-corrected chi connectivity index (χ2v) is 8.55. The van der Waals surface area contributed by atoms with Crippen molar-refractivity contribution in [1.29, 1.82) is 5.26 Å². The van der Waals surface area contributed by atoms with Gasteiger partial charge in [-0.15, -0.1) is 11.3 Å². The van der Waals surface area contributed by atoms with E-state index in [0.29, 0.717) is 16.3 Å². The van der Waals surface area contributed by atoms with Gasteiger partial charge in [0, 0.05) is 0 Å². The Morgan fingerprint density at radius 2 is 2.03 bits per heavy atom. The van der Waals surface area contributed by atoms with Crippen LogP contribution in [0.3, 0.4) is 0 Å². The number of anilines is 1. The number of methoxy groups -OCH3 is 1. The van der Waals surface area contributed by atoms with Crippen LogP contribution in [-0.2, 0) is 11.0 Å². The number of amides is 1. The SMILES string of the molecule is COc1ccccc1NC(=O)C(C)Sc1nc(-c2cccs2)cc(C(F)(F)F)c1C#N. The van der Waals surface area contributed by atoms with E-state index in [1.165, 1.54) is 25.4 Å². The van der Waals surface area contributed by atoms with Crippen molar-refractivity contribution in [3.63, 3.8) is 0 Å². The van der Waals surface area contributed by atoms with Crippen LogP contribution in [0.15, 0.2) is 52.9 Å². The summed E-state index contributed by atoms with van der Waals surface area (Å²) in [5.74, 6) is -0.0155. The van der Waals surface area contributed by atoms with Crippen LogP contribution in [0.2, 0.25) is 0 Å². The molecule has 5 nitrogen and oxygen atoms in total. The molecule has 2 heterocycles. The van der Waals surface area contributed by atoms with E-state index < -0.39 is 28.5 Å². The summed E-state index contributed by atoms with van der Waals surface area (Å²) in [7, 11) is 1.46. The highest BCUT2D eigenvalue weighted by Crippen LogP contribution is 2.39. The molecule has 0 saturated carbocycles. The van der Waals surface area contributed by atoms with Crippen LogP contribution < -0.4 is 10.1 Å². The molecule has 0 aliphatic rings. The van der Waals surface area contributed by atoms with Crippen molar-refractivity contribution >= 4 is 34.7 Å². The number of ether oxygens (including phenoxy) is 1. The Bertz CT molecular complexity index is 1130. The molecule has 10 heteroatoms. The Morgan fingerprint density at radius 1 is 1.29 bits per heavy atom. The third-order valence-electron chi connectivity index (χ3n) is 4.20. The van der Waals surface area contributed by atoms with Crippen molar-refractivity contribution in [2.24, 2.45) is 0 Å². The van der Waals surface area contributed by atoms with Crippen LogP contribution in [0.4, 0.5) is 18.9 Å². The maximum atomic E-state index is 13.6. The summed E-state index contributed by atoms with van der Waals surface area (Å²) < 4.78 is 46.1. The number of nitriles is 1. The lowest BCUT2D eigenvalue weighted by Gasteiger charge is -2.17. The average molecular weight is 464 g/mol. The molecule has 2 aromatic heterocycles. The molecule has 1 unspecified atom stereocenters. The lowest BCUT2D eigenvalue weighted by atomic mass is 10.1. The Kier molecular flexibility index (Phi) is 6.87. The number of aromatic nitrogens is 1. The third kappa shape index (κ3) is 5.18. The smallest absolute Gasteiger partial charge is 0.417 e. The Morgan fingerprint density at radius 3 is 2.65 bits per heavy atom. The summed E-state index contributed by atoms with van der Waals surface area (Å²) >= 11 is 2.03. The zero-order valence-electron chi connectivity index (χ0n) is 16.4. The molecule has 0 radical (unpaired) electrons. The van der Waals surface area contributed by atoms with Crippen molar-refractivity contribution in [2.75, 3.05) is 12.4 Å². The van der Waals surface area contributed by atoms with E-state index >= 15 is 0 Å². The van der Waals surface area contributed by atoms with Gasteiger partial charge in [0.2, 0.25) is 5.91 Å². The van der Waals surface area contributed by atoms with Crippen LogP contribution in [-0.4, -0.2) is 23.3 Å². The van der Waals surface area contributed by atoms with Crippen LogP contribution in [0.5, 0.6) is 5.75 Å². The molecule has 0 aliphatic heterocycles. The summed E-state index contributed by atoms with van der Waals surface area (Å²) in [6.07, 6.45) is -4.74. The Balaban J connectivity index is 1.95. The van der Waals surface area contributed by atoms with E-state index in [1.54, 1.807) is 47.8 Å². The number of nitrogens with zero attached hydrogens (tertiary/aromatic N) is 2. The van der Waals surface area contributed by atoms with Crippen LogP contribution >= 0.6 is 23.1 Å². The number of alkyl halides is 3. The number of hydrogen-bond donors (Lipinski definition) is 1. The molecule has 1 amide bonds. The van der Waals surface area contributed by atoms with Crippen molar-refractivity contribution in [1.82, 2.24) is 4.98 Å². The fraction of sp³-hybridized carbons (Fsp3) is 0.190. The number of pyridine rings is 1. The monoisotopic (exact) mass is 463 g/mol. The second kappa shape index (κ2) is 9.41. The molecule has 0 spiro atoms. The van der Waals surface area contributed by atoms with Gasteiger partial charge in [0.25, 0.3) is 0 Å². The van der Waals surface area contributed by atoms with Gasteiger partial charge in [-0.25, -0.2) is 4.98 Å². The average Bonchev–Trinajstić information content (AvgIpc) is 3.27. The van der Waals surface area contributed by atoms with Crippen molar-refractivity contribution in [3.05, 3.63) is 59.0 Å². The summed E-state index contributed by atoms with van der Waals surface area (Å²) in [5, 5.41) is 12.9. The van der Waals surface area contributed by atoms with E-state index in [1.807, 2.05) is 0 Å². The minimum absolute atomic E-state index is 0.0983. The summed E-state index contributed by atoms with van der Waals surface area (Å²) in [5.41, 5.74) is -1.15. The lowest BCUT2D eigenvalue weighted by molar-refractivity contribution is -0.138. The van der Waals surface area contributed by atoms with Gasteiger partial charge in [-0.3, -0.25) is 4.79 Å². The van der Waals surface area contributed by atoms with Crippen LogP contribution in [0, 0.1) is 11.3 Å². The topological polar surface area (TPSA) is 75.0 Å². The number of carbonyl (C=O) groups excluding carboxylic acids is 1. The Labute approximate surface area is 184 Å². The van der Waals surface area contributed by atoms with E-state index in [2.05, 4.69) is 10.3 Å². The first-order valence-electron chi connectivity index (χ1n) is 8.91. The van der Waals surface area contributed by atoms with Gasteiger partial charge in [0.05, 0.1) is 39.7 Å². The normalized spacial score (nSPS) is 12.1. The number of hydrogen-bond acceptors (Lipinski definition) is 6. The predicted octanol–water partition coefficient (Wildman–Crippen LogP) is 5.83. The zero-order chi connectivity index (χ0) is 22.6. The molecular formula is C21H16F3N3O2S2. The van der Waals surface area contributed by atoms with Gasteiger partial charge in [-0.2, -0.15) is 18.4 Å². The number of benzene rings is 1. The molecule has 3 aromatic rings. The van der Waals surface area contributed by atoms with E-state index in [-0.39, 0.29) is 10.7 Å². The summed E-state index contributed by atoms with van der Waals surface area (Å²) in [6.45, 7) is 1.53. The molecule has 160 valence electrons. The van der Waals surface area contributed by atoms with Gasteiger partial charge < -0.3 is 10.1 Å². The van der Waals surface area contributed by atoms with E-state index in [0.717, 1.165) is 17.8 Å². The highest BCUT2D eigenvalue weighted by molar-refractivity contribution is 8.00. The largest absolute Gasteiger partial charge is 0.495 e. The molecule has 1 aromatic carbocycles. The van der Waals surface area contributed by atoms with Crippen LogP contribution in [0.1, 0.15) is 18.1 Å². The minimum Gasteiger partial charge on any atom is -0.495 e. The highest BCUT2D eigenvalue weighted by atomic mass is 32.2.